The second-order valence-electron chi connectivity index (χ2n) is 6.21. The van der Waals surface area contributed by atoms with Crippen LogP contribution in [0.25, 0.3) is 0 Å². The Labute approximate surface area is 152 Å². The summed E-state index contributed by atoms with van der Waals surface area (Å²) in [6.45, 7) is 4.63. The van der Waals surface area contributed by atoms with Gasteiger partial charge in [-0.05, 0) is 30.2 Å². The minimum absolute atomic E-state index is 0.274. The zero-order valence-corrected chi connectivity index (χ0v) is 14.9. The van der Waals surface area contributed by atoms with Gasteiger partial charge in [0.25, 0.3) is 5.91 Å². The Bertz CT molecular complexity index is 757. The summed E-state index contributed by atoms with van der Waals surface area (Å²) in [6, 6.07) is 14.0. The SMILES string of the molecule is CC(C)COc1ccccc1CNC(=O)c1cccc(OCC(=O)O)c1. The molecular weight excluding hydrogens is 334 g/mol. The standard InChI is InChI=1S/C20H23NO5/c1-14(2)12-26-18-9-4-3-6-16(18)11-21-20(24)15-7-5-8-17(10-15)25-13-19(22)23/h3-10,14H,11-13H2,1-2H3,(H,21,24)(H,22,23). The molecule has 138 valence electrons. The number of carboxylic acid groups (broad SMARTS) is 1. The summed E-state index contributed by atoms with van der Waals surface area (Å²) in [6.07, 6.45) is 0. The number of benzene rings is 2. The highest BCUT2D eigenvalue weighted by Crippen LogP contribution is 2.19. The molecule has 0 heterocycles. The van der Waals surface area contributed by atoms with Gasteiger partial charge in [-0.3, -0.25) is 4.79 Å². The molecule has 0 aromatic heterocycles. The van der Waals surface area contributed by atoms with Gasteiger partial charge in [-0.25, -0.2) is 4.79 Å². The monoisotopic (exact) mass is 357 g/mol. The van der Waals surface area contributed by atoms with E-state index < -0.39 is 12.6 Å². The molecule has 2 N–H and O–H groups in total. The van der Waals surface area contributed by atoms with E-state index in [2.05, 4.69) is 19.2 Å². The Morgan fingerprint density at radius 2 is 1.85 bits per heavy atom. The number of nitrogens with one attached hydrogen (secondary N) is 1. The number of aliphatic carboxylic acids is 1. The van der Waals surface area contributed by atoms with Gasteiger partial charge in [-0.2, -0.15) is 0 Å². The second kappa shape index (κ2) is 9.46. The van der Waals surface area contributed by atoms with Gasteiger partial charge in [0.15, 0.2) is 6.61 Å². The fourth-order valence-corrected chi connectivity index (χ4v) is 2.20. The molecule has 26 heavy (non-hydrogen) atoms. The van der Waals surface area contributed by atoms with Crippen LogP contribution in [-0.4, -0.2) is 30.2 Å². The predicted molar refractivity (Wildman–Crippen MR) is 97.5 cm³/mol. The summed E-state index contributed by atoms with van der Waals surface area (Å²) in [5.41, 5.74) is 1.29. The summed E-state index contributed by atoms with van der Waals surface area (Å²) in [7, 11) is 0. The summed E-state index contributed by atoms with van der Waals surface area (Å²) < 4.78 is 10.9. The van der Waals surface area contributed by atoms with E-state index in [-0.39, 0.29) is 5.91 Å². The van der Waals surface area contributed by atoms with Crippen molar-refractivity contribution in [3.63, 3.8) is 0 Å². The topological polar surface area (TPSA) is 84.9 Å². The first kappa shape index (κ1) is 19.3. The van der Waals surface area contributed by atoms with Crippen molar-refractivity contribution in [2.75, 3.05) is 13.2 Å². The highest BCUT2D eigenvalue weighted by atomic mass is 16.5. The number of amides is 1. The van der Waals surface area contributed by atoms with Gasteiger partial charge in [-0.15, -0.1) is 0 Å². The third-order valence-corrected chi connectivity index (χ3v) is 3.44. The van der Waals surface area contributed by atoms with Gasteiger partial charge in [0, 0.05) is 17.7 Å². The zero-order chi connectivity index (χ0) is 18.9. The lowest BCUT2D eigenvalue weighted by Crippen LogP contribution is -2.23. The maximum absolute atomic E-state index is 12.4. The van der Waals surface area contributed by atoms with Crippen LogP contribution >= 0.6 is 0 Å². The molecule has 0 spiro atoms. The van der Waals surface area contributed by atoms with E-state index >= 15 is 0 Å². The van der Waals surface area contributed by atoms with Crippen LogP contribution in [0.3, 0.4) is 0 Å². The van der Waals surface area contributed by atoms with Gasteiger partial charge in [0.05, 0.1) is 6.61 Å². The van der Waals surface area contributed by atoms with Crippen molar-refractivity contribution >= 4 is 11.9 Å². The molecular formula is C20H23NO5. The van der Waals surface area contributed by atoms with Gasteiger partial charge >= 0.3 is 5.97 Å². The lowest BCUT2D eigenvalue weighted by molar-refractivity contribution is -0.139. The number of hydrogen-bond donors (Lipinski definition) is 2. The minimum atomic E-state index is -1.07. The van der Waals surface area contributed by atoms with Crippen molar-refractivity contribution in [2.24, 2.45) is 5.92 Å². The fraction of sp³-hybridized carbons (Fsp3) is 0.300. The molecule has 2 aromatic rings. The van der Waals surface area contributed by atoms with E-state index in [1.165, 1.54) is 6.07 Å². The van der Waals surface area contributed by atoms with Gasteiger partial charge in [-0.1, -0.05) is 38.1 Å². The van der Waals surface area contributed by atoms with Crippen LogP contribution in [0.1, 0.15) is 29.8 Å². The fourth-order valence-electron chi connectivity index (χ4n) is 2.20. The highest BCUT2D eigenvalue weighted by Gasteiger charge is 2.10. The molecule has 0 saturated heterocycles. The van der Waals surface area contributed by atoms with E-state index in [0.717, 1.165) is 11.3 Å². The number of carbonyl (C=O) groups excluding carboxylic acids is 1. The second-order valence-corrected chi connectivity index (χ2v) is 6.21. The maximum Gasteiger partial charge on any atom is 0.341 e. The summed E-state index contributed by atoms with van der Waals surface area (Å²) >= 11 is 0. The minimum Gasteiger partial charge on any atom is -0.493 e. The predicted octanol–water partition coefficient (Wildman–Crippen LogP) is 3.11. The average Bonchev–Trinajstić information content (AvgIpc) is 2.63. The average molecular weight is 357 g/mol. The van der Waals surface area contributed by atoms with E-state index in [1.807, 2.05) is 24.3 Å². The number of hydrogen-bond acceptors (Lipinski definition) is 4. The van der Waals surface area contributed by atoms with Crippen LogP contribution in [0.4, 0.5) is 0 Å². The smallest absolute Gasteiger partial charge is 0.341 e. The summed E-state index contributed by atoms with van der Waals surface area (Å²) in [5.74, 6) is 0.147. The van der Waals surface area contributed by atoms with E-state index in [1.54, 1.807) is 18.2 Å². The van der Waals surface area contributed by atoms with Crippen LogP contribution in [-0.2, 0) is 11.3 Å². The Morgan fingerprint density at radius 3 is 2.58 bits per heavy atom. The Hall–Kier alpha value is -3.02. The third-order valence-electron chi connectivity index (χ3n) is 3.44. The molecule has 0 saturated carbocycles. The van der Waals surface area contributed by atoms with Crippen LogP contribution in [0, 0.1) is 5.92 Å². The zero-order valence-electron chi connectivity index (χ0n) is 14.9. The molecule has 6 heteroatoms. The Balaban J connectivity index is 1.98. The quantitative estimate of drug-likeness (QED) is 0.720. The molecule has 6 nitrogen and oxygen atoms in total. The van der Waals surface area contributed by atoms with Crippen molar-refractivity contribution < 1.29 is 24.2 Å². The van der Waals surface area contributed by atoms with Crippen molar-refractivity contribution in [3.05, 3.63) is 59.7 Å². The van der Waals surface area contributed by atoms with E-state index in [4.69, 9.17) is 14.6 Å². The summed E-state index contributed by atoms with van der Waals surface area (Å²) in [4.78, 5) is 22.9. The Kier molecular flexibility index (Phi) is 7.02. The van der Waals surface area contributed by atoms with E-state index in [9.17, 15) is 9.59 Å². The largest absolute Gasteiger partial charge is 0.493 e. The summed E-state index contributed by atoms with van der Waals surface area (Å²) in [5, 5.41) is 11.5. The first-order valence-corrected chi connectivity index (χ1v) is 8.39. The van der Waals surface area contributed by atoms with Crippen molar-refractivity contribution in [1.29, 1.82) is 0 Å². The number of carbonyl (C=O) groups is 2. The van der Waals surface area contributed by atoms with Gasteiger partial charge < -0.3 is 19.9 Å². The van der Waals surface area contributed by atoms with Crippen molar-refractivity contribution in [3.8, 4) is 11.5 Å². The molecule has 2 aromatic carbocycles. The van der Waals surface area contributed by atoms with Crippen LogP contribution in [0.2, 0.25) is 0 Å². The third kappa shape index (κ3) is 6.12. The number of carboxylic acids is 1. The van der Waals surface area contributed by atoms with Gasteiger partial charge in [0.1, 0.15) is 11.5 Å². The Morgan fingerprint density at radius 1 is 1.08 bits per heavy atom. The normalized spacial score (nSPS) is 10.4. The first-order valence-electron chi connectivity index (χ1n) is 8.39. The molecule has 0 radical (unpaired) electrons. The molecule has 0 bridgehead atoms. The molecule has 0 aliphatic carbocycles. The highest BCUT2D eigenvalue weighted by molar-refractivity contribution is 5.94. The molecule has 0 atom stereocenters. The van der Waals surface area contributed by atoms with Crippen LogP contribution < -0.4 is 14.8 Å². The van der Waals surface area contributed by atoms with Crippen LogP contribution in [0.15, 0.2) is 48.5 Å². The molecule has 2 rings (SSSR count). The molecule has 0 aliphatic heterocycles. The molecule has 0 aliphatic rings. The van der Waals surface area contributed by atoms with Crippen LogP contribution in [0.5, 0.6) is 11.5 Å². The van der Waals surface area contributed by atoms with Crippen molar-refractivity contribution in [2.45, 2.75) is 20.4 Å². The number of rotatable bonds is 9. The molecule has 0 fully saturated rings. The number of para-hydroxylation sites is 1. The molecule has 1 amide bonds. The number of ether oxygens (including phenoxy) is 2. The first-order chi connectivity index (χ1) is 12.5. The lowest BCUT2D eigenvalue weighted by atomic mass is 10.1. The maximum atomic E-state index is 12.4. The lowest BCUT2D eigenvalue weighted by Gasteiger charge is -2.14. The van der Waals surface area contributed by atoms with Gasteiger partial charge in [0.2, 0.25) is 0 Å². The van der Waals surface area contributed by atoms with E-state index in [0.29, 0.717) is 30.4 Å². The van der Waals surface area contributed by atoms with Crippen molar-refractivity contribution in [1.82, 2.24) is 5.32 Å². The molecule has 0 unspecified atom stereocenters.